The van der Waals surface area contributed by atoms with Crippen LogP contribution in [0.15, 0.2) is 48.5 Å². The van der Waals surface area contributed by atoms with Crippen molar-refractivity contribution in [1.29, 1.82) is 0 Å². The maximum absolute atomic E-state index is 12.7. The predicted octanol–water partition coefficient (Wildman–Crippen LogP) is 4.00. The third-order valence-corrected chi connectivity index (χ3v) is 4.69. The topological polar surface area (TPSA) is 49.4 Å². The van der Waals surface area contributed by atoms with Crippen molar-refractivity contribution in [2.75, 3.05) is 11.4 Å². The average Bonchev–Trinajstić information content (AvgIpc) is 3.06. The third kappa shape index (κ3) is 3.90. The van der Waals surface area contributed by atoms with Crippen LogP contribution in [0.3, 0.4) is 0 Å². The van der Waals surface area contributed by atoms with Crippen LogP contribution in [-0.4, -0.2) is 18.4 Å². The molecule has 3 rings (SSSR count). The van der Waals surface area contributed by atoms with Gasteiger partial charge >= 0.3 is 0 Å². The second kappa shape index (κ2) is 7.51. The summed E-state index contributed by atoms with van der Waals surface area (Å²) in [5.74, 6) is 0.0181. The molecular formula is C21H24N2O2. The molecule has 0 aliphatic carbocycles. The number of aryl methyl sites for hydroxylation is 1. The molecule has 4 nitrogen and oxygen atoms in total. The number of amides is 2. The maximum atomic E-state index is 12.7. The zero-order valence-electron chi connectivity index (χ0n) is 14.8. The van der Waals surface area contributed by atoms with E-state index in [2.05, 4.69) is 43.4 Å². The molecule has 1 saturated heterocycles. The monoisotopic (exact) mass is 336 g/mol. The summed E-state index contributed by atoms with van der Waals surface area (Å²) < 4.78 is 0. The van der Waals surface area contributed by atoms with Gasteiger partial charge in [0, 0.05) is 24.2 Å². The van der Waals surface area contributed by atoms with Crippen LogP contribution in [0, 0.1) is 6.92 Å². The molecule has 0 unspecified atom stereocenters. The van der Waals surface area contributed by atoms with Crippen molar-refractivity contribution in [1.82, 2.24) is 5.32 Å². The van der Waals surface area contributed by atoms with Crippen LogP contribution in [0.5, 0.6) is 0 Å². The van der Waals surface area contributed by atoms with E-state index in [-0.39, 0.29) is 17.9 Å². The van der Waals surface area contributed by atoms with E-state index in [0.717, 1.165) is 30.6 Å². The molecule has 2 aromatic carbocycles. The lowest BCUT2D eigenvalue weighted by atomic mass is 10.0. The molecule has 130 valence electrons. The van der Waals surface area contributed by atoms with E-state index in [1.54, 1.807) is 17.0 Å². The van der Waals surface area contributed by atoms with Gasteiger partial charge in [0.25, 0.3) is 5.91 Å². The third-order valence-electron chi connectivity index (χ3n) is 4.69. The number of anilines is 1. The Labute approximate surface area is 148 Å². The molecule has 0 saturated carbocycles. The quantitative estimate of drug-likeness (QED) is 0.897. The van der Waals surface area contributed by atoms with Gasteiger partial charge in [-0.15, -0.1) is 0 Å². The van der Waals surface area contributed by atoms with Gasteiger partial charge in [-0.1, -0.05) is 42.8 Å². The number of carbonyl (C=O) groups excluding carboxylic acids is 2. The molecule has 1 aliphatic rings. The maximum Gasteiger partial charge on any atom is 0.251 e. The van der Waals surface area contributed by atoms with Gasteiger partial charge < -0.3 is 10.2 Å². The zero-order valence-corrected chi connectivity index (χ0v) is 14.8. The van der Waals surface area contributed by atoms with Crippen molar-refractivity contribution in [2.45, 2.75) is 39.2 Å². The van der Waals surface area contributed by atoms with Crippen molar-refractivity contribution in [3.05, 3.63) is 65.2 Å². The summed E-state index contributed by atoms with van der Waals surface area (Å²) in [7, 11) is 0. The molecule has 1 aliphatic heterocycles. The minimum atomic E-state index is -0.110. The Bertz CT molecular complexity index is 768. The van der Waals surface area contributed by atoms with Gasteiger partial charge in [0.05, 0.1) is 6.04 Å². The first kappa shape index (κ1) is 17.2. The highest BCUT2D eigenvalue weighted by Gasteiger charge is 2.22. The first-order valence-corrected chi connectivity index (χ1v) is 8.86. The number of nitrogens with zero attached hydrogens (tertiary/aromatic N) is 1. The van der Waals surface area contributed by atoms with Crippen LogP contribution in [0.25, 0.3) is 0 Å². The van der Waals surface area contributed by atoms with Crippen molar-refractivity contribution >= 4 is 17.5 Å². The molecule has 25 heavy (non-hydrogen) atoms. The van der Waals surface area contributed by atoms with Gasteiger partial charge in [0.15, 0.2) is 0 Å². The smallest absolute Gasteiger partial charge is 0.251 e. The summed E-state index contributed by atoms with van der Waals surface area (Å²) in [5.41, 5.74) is 3.70. The summed E-state index contributed by atoms with van der Waals surface area (Å²) in [6.45, 7) is 4.84. The van der Waals surface area contributed by atoms with Gasteiger partial charge in [0.2, 0.25) is 5.91 Å². The van der Waals surface area contributed by atoms with Crippen molar-refractivity contribution < 1.29 is 9.59 Å². The summed E-state index contributed by atoms with van der Waals surface area (Å²) in [4.78, 5) is 26.4. The van der Waals surface area contributed by atoms with Gasteiger partial charge in [-0.05, 0) is 43.5 Å². The fourth-order valence-corrected chi connectivity index (χ4v) is 3.20. The van der Waals surface area contributed by atoms with Crippen LogP contribution in [0.1, 0.15) is 53.7 Å². The number of nitrogens with one attached hydrogen (secondary N) is 1. The van der Waals surface area contributed by atoms with E-state index >= 15 is 0 Å². The number of benzene rings is 2. The Morgan fingerprint density at radius 3 is 2.60 bits per heavy atom. The summed E-state index contributed by atoms with van der Waals surface area (Å²) in [6, 6.07) is 15.5. The Hall–Kier alpha value is -2.62. The lowest BCUT2D eigenvalue weighted by Crippen LogP contribution is -2.29. The highest BCUT2D eigenvalue weighted by Crippen LogP contribution is 2.23. The summed E-state index contributed by atoms with van der Waals surface area (Å²) in [5, 5.41) is 3.11. The Morgan fingerprint density at radius 2 is 1.96 bits per heavy atom. The number of rotatable bonds is 5. The Balaban J connectivity index is 1.76. The van der Waals surface area contributed by atoms with E-state index in [9.17, 15) is 9.59 Å². The summed E-state index contributed by atoms with van der Waals surface area (Å²) >= 11 is 0. The fourth-order valence-electron chi connectivity index (χ4n) is 3.20. The SMILES string of the molecule is CC[C@H](NC(=O)c1cccc(N2CCCC2=O)c1)c1ccc(C)cc1. The molecule has 4 heteroatoms. The van der Waals surface area contributed by atoms with Crippen molar-refractivity contribution in [3.8, 4) is 0 Å². The number of carbonyl (C=O) groups is 2. The molecule has 2 amide bonds. The minimum Gasteiger partial charge on any atom is -0.345 e. The van der Waals surface area contributed by atoms with Gasteiger partial charge in [-0.25, -0.2) is 0 Å². The first-order valence-electron chi connectivity index (χ1n) is 8.86. The molecule has 0 bridgehead atoms. The highest BCUT2D eigenvalue weighted by atomic mass is 16.2. The standard InChI is InChI=1S/C21H24N2O2/c1-3-19(16-11-9-15(2)10-12-16)22-21(25)17-6-4-7-18(14-17)23-13-5-8-20(23)24/h4,6-7,9-12,14,19H,3,5,8,13H2,1-2H3,(H,22,25)/t19-/m0/s1. The van der Waals surface area contributed by atoms with Gasteiger partial charge in [-0.3, -0.25) is 9.59 Å². The minimum absolute atomic E-state index is 0.0230. The van der Waals surface area contributed by atoms with E-state index < -0.39 is 0 Å². The van der Waals surface area contributed by atoms with Crippen LogP contribution in [0.4, 0.5) is 5.69 Å². The van der Waals surface area contributed by atoms with Gasteiger partial charge in [0.1, 0.15) is 0 Å². The lowest BCUT2D eigenvalue weighted by molar-refractivity contribution is -0.117. The molecular weight excluding hydrogens is 312 g/mol. The van der Waals surface area contributed by atoms with Crippen LogP contribution >= 0.6 is 0 Å². The normalized spacial score (nSPS) is 15.3. The largest absolute Gasteiger partial charge is 0.345 e. The van der Waals surface area contributed by atoms with Gasteiger partial charge in [-0.2, -0.15) is 0 Å². The Morgan fingerprint density at radius 1 is 1.20 bits per heavy atom. The molecule has 0 aromatic heterocycles. The van der Waals surface area contributed by atoms with E-state index in [1.165, 1.54) is 5.56 Å². The molecule has 0 spiro atoms. The number of hydrogen-bond acceptors (Lipinski definition) is 2. The number of hydrogen-bond donors (Lipinski definition) is 1. The van der Waals surface area contributed by atoms with Crippen LogP contribution in [0.2, 0.25) is 0 Å². The van der Waals surface area contributed by atoms with Crippen LogP contribution < -0.4 is 10.2 Å². The first-order chi connectivity index (χ1) is 12.1. The summed E-state index contributed by atoms with van der Waals surface area (Å²) in [6.07, 6.45) is 2.28. The highest BCUT2D eigenvalue weighted by molar-refractivity contribution is 5.99. The molecule has 1 N–H and O–H groups in total. The second-order valence-corrected chi connectivity index (χ2v) is 6.54. The molecule has 2 aromatic rings. The van der Waals surface area contributed by atoms with Crippen LogP contribution in [-0.2, 0) is 4.79 Å². The Kier molecular flexibility index (Phi) is 5.17. The molecule has 1 heterocycles. The van der Waals surface area contributed by atoms with Crippen molar-refractivity contribution in [2.24, 2.45) is 0 Å². The van der Waals surface area contributed by atoms with Crippen molar-refractivity contribution in [3.63, 3.8) is 0 Å². The predicted molar refractivity (Wildman–Crippen MR) is 99.7 cm³/mol. The fraction of sp³-hybridized carbons (Fsp3) is 0.333. The molecule has 1 fully saturated rings. The van der Waals surface area contributed by atoms with E-state index in [4.69, 9.17) is 0 Å². The van der Waals surface area contributed by atoms with E-state index in [0.29, 0.717) is 12.0 Å². The molecule has 1 atom stereocenters. The molecule has 0 radical (unpaired) electrons. The lowest BCUT2D eigenvalue weighted by Gasteiger charge is -2.19. The van der Waals surface area contributed by atoms with E-state index in [1.807, 2.05) is 12.1 Å². The zero-order chi connectivity index (χ0) is 17.8. The second-order valence-electron chi connectivity index (χ2n) is 6.54. The average molecular weight is 336 g/mol.